The molecule has 2 amide bonds. The molecule has 0 aliphatic rings. The van der Waals surface area contributed by atoms with Crippen molar-refractivity contribution < 1.29 is 13.2 Å². The maximum Gasteiger partial charge on any atom is 0.319 e. The maximum absolute atomic E-state index is 12.3. The molecule has 0 heterocycles. The molecule has 24 heavy (non-hydrogen) atoms. The number of benzene rings is 2. The number of hydrogen-bond donors (Lipinski definition) is 3. The van der Waals surface area contributed by atoms with Crippen LogP contribution in [0.25, 0.3) is 0 Å². The van der Waals surface area contributed by atoms with E-state index in [-0.39, 0.29) is 10.9 Å². The molecule has 128 valence electrons. The van der Waals surface area contributed by atoms with Crippen LogP contribution in [0.5, 0.6) is 0 Å². The molecule has 0 saturated carbocycles. The Hall–Kier alpha value is -2.25. The van der Waals surface area contributed by atoms with Crippen LogP contribution in [0.15, 0.2) is 53.4 Å². The van der Waals surface area contributed by atoms with E-state index in [1.165, 1.54) is 30.3 Å². The van der Waals surface area contributed by atoms with Gasteiger partial charge in [-0.3, -0.25) is 4.72 Å². The minimum absolute atomic E-state index is 0.0852. The third kappa shape index (κ3) is 5.14. The van der Waals surface area contributed by atoms with Gasteiger partial charge in [0.1, 0.15) is 0 Å². The Morgan fingerprint density at radius 3 is 2.42 bits per heavy atom. The van der Waals surface area contributed by atoms with Crippen LogP contribution in [0, 0.1) is 0 Å². The number of sulfonamides is 1. The minimum atomic E-state index is -3.73. The van der Waals surface area contributed by atoms with Crippen LogP contribution in [0.4, 0.5) is 16.2 Å². The highest BCUT2D eigenvalue weighted by Gasteiger charge is 2.14. The standard InChI is InChI=1S/C16H18ClN3O3S/c1-2-10-18-16(21)19-13-6-8-15(9-7-13)24(22,23)20-14-5-3-4-12(17)11-14/h3-9,11,20H,2,10H2,1H3,(H2,18,19,21). The number of amides is 2. The van der Waals surface area contributed by atoms with Crippen LogP contribution in [-0.2, 0) is 10.0 Å². The van der Waals surface area contributed by atoms with Crippen molar-refractivity contribution in [3.05, 3.63) is 53.6 Å². The van der Waals surface area contributed by atoms with Gasteiger partial charge in [0.2, 0.25) is 0 Å². The Labute approximate surface area is 146 Å². The smallest absolute Gasteiger partial charge is 0.319 e. The van der Waals surface area contributed by atoms with E-state index >= 15 is 0 Å². The number of anilines is 2. The van der Waals surface area contributed by atoms with Crippen LogP contribution < -0.4 is 15.4 Å². The second-order valence-corrected chi connectivity index (χ2v) is 7.14. The van der Waals surface area contributed by atoms with Crippen molar-refractivity contribution in [1.82, 2.24) is 5.32 Å². The Kier molecular flexibility index (Phi) is 6.05. The van der Waals surface area contributed by atoms with Crippen molar-refractivity contribution in [1.29, 1.82) is 0 Å². The fraction of sp³-hybridized carbons (Fsp3) is 0.188. The van der Waals surface area contributed by atoms with E-state index in [1.54, 1.807) is 18.2 Å². The van der Waals surface area contributed by atoms with E-state index in [0.717, 1.165) is 6.42 Å². The molecule has 2 aromatic carbocycles. The summed E-state index contributed by atoms with van der Waals surface area (Å²) in [6, 6.07) is 12.0. The topological polar surface area (TPSA) is 87.3 Å². The Morgan fingerprint density at radius 1 is 1.08 bits per heavy atom. The van der Waals surface area contributed by atoms with Crippen LogP contribution in [-0.4, -0.2) is 21.0 Å². The highest BCUT2D eigenvalue weighted by atomic mass is 35.5. The van der Waals surface area contributed by atoms with Gasteiger partial charge >= 0.3 is 6.03 Å². The fourth-order valence-corrected chi connectivity index (χ4v) is 3.14. The Morgan fingerprint density at radius 2 is 1.79 bits per heavy atom. The predicted octanol–water partition coefficient (Wildman–Crippen LogP) is 3.67. The Balaban J connectivity index is 2.07. The highest BCUT2D eigenvalue weighted by molar-refractivity contribution is 7.92. The van der Waals surface area contributed by atoms with Crippen molar-refractivity contribution in [2.24, 2.45) is 0 Å². The summed E-state index contributed by atoms with van der Waals surface area (Å²) in [6.07, 6.45) is 0.833. The molecular formula is C16H18ClN3O3S. The normalized spacial score (nSPS) is 10.9. The van der Waals surface area contributed by atoms with E-state index in [1.807, 2.05) is 6.92 Å². The second kappa shape index (κ2) is 8.03. The van der Waals surface area contributed by atoms with E-state index in [0.29, 0.717) is 22.9 Å². The molecule has 0 fully saturated rings. The van der Waals surface area contributed by atoms with Gasteiger partial charge in [-0.15, -0.1) is 0 Å². The molecule has 0 unspecified atom stereocenters. The van der Waals surface area contributed by atoms with Gasteiger partial charge in [-0.2, -0.15) is 0 Å². The molecule has 0 bridgehead atoms. The number of carbonyl (C=O) groups is 1. The lowest BCUT2D eigenvalue weighted by Gasteiger charge is -2.10. The van der Waals surface area contributed by atoms with Gasteiger partial charge < -0.3 is 10.6 Å². The zero-order valence-corrected chi connectivity index (χ0v) is 14.6. The van der Waals surface area contributed by atoms with Gasteiger partial charge in [-0.05, 0) is 48.9 Å². The van der Waals surface area contributed by atoms with Gasteiger partial charge in [0.25, 0.3) is 10.0 Å². The summed E-state index contributed by atoms with van der Waals surface area (Å²) >= 11 is 5.84. The first kappa shape index (κ1) is 18.1. The molecule has 0 aliphatic heterocycles. The average molecular weight is 368 g/mol. The third-order valence-corrected chi connectivity index (χ3v) is 4.67. The molecule has 2 rings (SSSR count). The van der Waals surface area contributed by atoms with Crippen molar-refractivity contribution >= 4 is 39.0 Å². The third-order valence-electron chi connectivity index (χ3n) is 3.03. The van der Waals surface area contributed by atoms with Crippen LogP contribution in [0.1, 0.15) is 13.3 Å². The van der Waals surface area contributed by atoms with Crippen LogP contribution >= 0.6 is 11.6 Å². The maximum atomic E-state index is 12.3. The van der Waals surface area contributed by atoms with Crippen molar-refractivity contribution in [3.8, 4) is 0 Å². The summed E-state index contributed by atoms with van der Waals surface area (Å²) in [5.74, 6) is 0. The molecule has 0 atom stereocenters. The first-order valence-electron chi connectivity index (χ1n) is 7.34. The number of urea groups is 1. The summed E-state index contributed by atoms with van der Waals surface area (Å²) in [7, 11) is -3.73. The van der Waals surface area contributed by atoms with Gasteiger partial charge in [-0.25, -0.2) is 13.2 Å². The number of carbonyl (C=O) groups excluding carboxylic acids is 1. The van der Waals surface area contributed by atoms with E-state index in [9.17, 15) is 13.2 Å². The van der Waals surface area contributed by atoms with Gasteiger partial charge in [-0.1, -0.05) is 24.6 Å². The lowest BCUT2D eigenvalue weighted by Crippen LogP contribution is -2.29. The van der Waals surface area contributed by atoms with E-state index < -0.39 is 10.0 Å². The number of rotatable bonds is 6. The molecule has 0 radical (unpaired) electrons. The van der Waals surface area contributed by atoms with E-state index in [4.69, 9.17) is 11.6 Å². The first-order chi connectivity index (χ1) is 11.4. The summed E-state index contributed by atoms with van der Waals surface area (Å²) in [5, 5.41) is 5.74. The molecule has 0 aliphatic carbocycles. The van der Waals surface area contributed by atoms with E-state index in [2.05, 4.69) is 15.4 Å². The molecule has 0 spiro atoms. The summed E-state index contributed by atoms with van der Waals surface area (Å²) in [6.45, 7) is 2.52. The molecule has 3 N–H and O–H groups in total. The molecule has 2 aromatic rings. The summed E-state index contributed by atoms with van der Waals surface area (Å²) < 4.78 is 27.1. The Bertz CT molecular complexity index is 808. The molecule has 0 aromatic heterocycles. The summed E-state index contributed by atoms with van der Waals surface area (Å²) in [5.41, 5.74) is 0.883. The number of hydrogen-bond acceptors (Lipinski definition) is 3. The number of nitrogens with one attached hydrogen (secondary N) is 3. The van der Waals surface area contributed by atoms with Gasteiger partial charge in [0.05, 0.1) is 10.6 Å². The SMILES string of the molecule is CCCNC(=O)Nc1ccc(S(=O)(=O)Nc2cccc(Cl)c2)cc1. The lowest BCUT2D eigenvalue weighted by molar-refractivity contribution is 0.252. The predicted molar refractivity (Wildman–Crippen MR) is 96.0 cm³/mol. The summed E-state index contributed by atoms with van der Waals surface area (Å²) in [4.78, 5) is 11.6. The zero-order valence-electron chi connectivity index (χ0n) is 13.0. The molecular weight excluding hydrogens is 350 g/mol. The van der Waals surface area contributed by atoms with Crippen molar-refractivity contribution in [3.63, 3.8) is 0 Å². The molecule has 0 saturated heterocycles. The van der Waals surface area contributed by atoms with Gasteiger partial charge in [0, 0.05) is 17.3 Å². The zero-order chi connectivity index (χ0) is 17.6. The van der Waals surface area contributed by atoms with Crippen molar-refractivity contribution in [2.45, 2.75) is 18.2 Å². The average Bonchev–Trinajstić information content (AvgIpc) is 2.53. The monoisotopic (exact) mass is 367 g/mol. The first-order valence-corrected chi connectivity index (χ1v) is 9.20. The number of halogens is 1. The molecule has 6 nitrogen and oxygen atoms in total. The lowest BCUT2D eigenvalue weighted by atomic mass is 10.3. The molecule has 8 heteroatoms. The largest absolute Gasteiger partial charge is 0.338 e. The van der Waals surface area contributed by atoms with Crippen molar-refractivity contribution in [2.75, 3.05) is 16.6 Å². The quantitative estimate of drug-likeness (QED) is 0.727. The van der Waals surface area contributed by atoms with Gasteiger partial charge in [0.15, 0.2) is 0 Å². The van der Waals surface area contributed by atoms with Crippen LogP contribution in [0.3, 0.4) is 0 Å². The van der Waals surface area contributed by atoms with Crippen LogP contribution in [0.2, 0.25) is 5.02 Å². The highest BCUT2D eigenvalue weighted by Crippen LogP contribution is 2.20. The fourth-order valence-electron chi connectivity index (χ4n) is 1.90. The second-order valence-electron chi connectivity index (χ2n) is 5.02. The minimum Gasteiger partial charge on any atom is -0.338 e.